The fourth-order valence-corrected chi connectivity index (χ4v) is 1.33. The van der Waals surface area contributed by atoms with Gasteiger partial charge in [0.2, 0.25) is 0 Å². The van der Waals surface area contributed by atoms with Crippen LogP contribution in [0, 0.1) is 13.8 Å². The highest BCUT2D eigenvalue weighted by atomic mass is 16.3. The van der Waals surface area contributed by atoms with E-state index in [1.165, 1.54) is 0 Å². The average molecular weight is 208 g/mol. The molecule has 15 heavy (non-hydrogen) atoms. The number of nitrogens with one attached hydrogen (secondary N) is 1. The van der Waals surface area contributed by atoms with Crippen molar-refractivity contribution in [1.29, 1.82) is 0 Å². The summed E-state index contributed by atoms with van der Waals surface area (Å²) < 4.78 is 0. The predicted molar refractivity (Wildman–Crippen MR) is 59.6 cm³/mol. The molecule has 0 aliphatic rings. The minimum absolute atomic E-state index is 0.0727. The van der Waals surface area contributed by atoms with E-state index in [2.05, 4.69) is 5.32 Å². The molecule has 0 heterocycles. The first-order valence-electron chi connectivity index (χ1n) is 4.81. The van der Waals surface area contributed by atoms with E-state index < -0.39 is 12.0 Å². The van der Waals surface area contributed by atoms with Crippen LogP contribution in [-0.4, -0.2) is 23.7 Å². The molecule has 0 radical (unpaired) electrons. The molecule has 4 N–H and O–H groups in total. The molecular formula is C11H16N2O2. The normalized spacial score (nSPS) is 12.3. The van der Waals surface area contributed by atoms with E-state index in [0.717, 1.165) is 16.8 Å². The van der Waals surface area contributed by atoms with Crippen molar-refractivity contribution in [2.75, 3.05) is 11.9 Å². The minimum atomic E-state index is -1.15. The summed E-state index contributed by atoms with van der Waals surface area (Å²) in [6, 6.07) is 5.72. The molecule has 0 aromatic heterocycles. The average Bonchev–Trinajstić information content (AvgIpc) is 2.22. The van der Waals surface area contributed by atoms with Crippen LogP contribution in [0.15, 0.2) is 18.2 Å². The van der Waals surface area contributed by atoms with E-state index in [-0.39, 0.29) is 6.54 Å². The van der Waals surface area contributed by atoms with Gasteiger partial charge in [0.1, 0.15) is 6.10 Å². The maximum Gasteiger partial charge on any atom is 0.254 e. The lowest BCUT2D eigenvalue weighted by molar-refractivity contribution is -0.123. The maximum absolute atomic E-state index is 11.4. The number of hydrogen-bond acceptors (Lipinski definition) is 3. The Labute approximate surface area is 89.1 Å². The molecular weight excluding hydrogens is 192 g/mol. The lowest BCUT2D eigenvalue weighted by atomic mass is 10.1. The smallest absolute Gasteiger partial charge is 0.254 e. The van der Waals surface area contributed by atoms with Gasteiger partial charge in [0.15, 0.2) is 0 Å². The molecule has 0 bridgehead atoms. The quantitative estimate of drug-likeness (QED) is 0.679. The standard InChI is InChI=1S/C11H16N2O2/c1-7-4-3-5-8(2)10(7)13-11(15)9(14)6-12/h3-5,9,14H,6,12H2,1-2H3,(H,13,15). The third-order valence-corrected chi connectivity index (χ3v) is 2.26. The van der Waals surface area contributed by atoms with Crippen molar-refractivity contribution in [3.8, 4) is 0 Å². The number of aliphatic hydroxyl groups excluding tert-OH is 1. The molecule has 1 atom stereocenters. The monoisotopic (exact) mass is 208 g/mol. The number of rotatable bonds is 3. The number of nitrogens with two attached hydrogens (primary N) is 1. The van der Waals surface area contributed by atoms with Crippen LogP contribution < -0.4 is 11.1 Å². The van der Waals surface area contributed by atoms with Gasteiger partial charge in [0, 0.05) is 12.2 Å². The number of aliphatic hydroxyl groups is 1. The van der Waals surface area contributed by atoms with Gasteiger partial charge in [-0.05, 0) is 25.0 Å². The number of carbonyl (C=O) groups excluding carboxylic acids is 1. The van der Waals surface area contributed by atoms with Gasteiger partial charge in [-0.2, -0.15) is 0 Å². The third kappa shape index (κ3) is 2.78. The van der Waals surface area contributed by atoms with E-state index in [9.17, 15) is 9.90 Å². The van der Waals surface area contributed by atoms with Crippen LogP contribution in [0.1, 0.15) is 11.1 Å². The van der Waals surface area contributed by atoms with Crippen LogP contribution >= 0.6 is 0 Å². The lowest BCUT2D eigenvalue weighted by Crippen LogP contribution is -2.34. The van der Waals surface area contributed by atoms with Gasteiger partial charge in [-0.15, -0.1) is 0 Å². The molecule has 1 amide bonds. The Kier molecular flexibility index (Phi) is 3.82. The molecule has 0 aliphatic heterocycles. The summed E-state index contributed by atoms with van der Waals surface area (Å²) in [7, 11) is 0. The Balaban J connectivity index is 2.85. The van der Waals surface area contributed by atoms with E-state index in [0.29, 0.717) is 0 Å². The summed E-state index contributed by atoms with van der Waals surface area (Å²) in [5.74, 6) is -0.463. The number of carbonyl (C=O) groups is 1. The number of hydrogen-bond donors (Lipinski definition) is 3. The molecule has 4 nitrogen and oxygen atoms in total. The van der Waals surface area contributed by atoms with Gasteiger partial charge in [-0.3, -0.25) is 4.79 Å². The van der Waals surface area contributed by atoms with Gasteiger partial charge in [-0.25, -0.2) is 0 Å². The first kappa shape index (κ1) is 11.7. The van der Waals surface area contributed by atoms with Crippen molar-refractivity contribution >= 4 is 11.6 Å². The van der Waals surface area contributed by atoms with Gasteiger partial charge < -0.3 is 16.2 Å². The highest BCUT2D eigenvalue weighted by Crippen LogP contribution is 2.19. The lowest BCUT2D eigenvalue weighted by Gasteiger charge is -2.13. The molecule has 0 aliphatic carbocycles. The van der Waals surface area contributed by atoms with Gasteiger partial charge in [-0.1, -0.05) is 18.2 Å². The van der Waals surface area contributed by atoms with Crippen LogP contribution in [0.3, 0.4) is 0 Å². The number of benzene rings is 1. The van der Waals surface area contributed by atoms with Crippen molar-refractivity contribution in [3.05, 3.63) is 29.3 Å². The van der Waals surface area contributed by atoms with E-state index >= 15 is 0 Å². The van der Waals surface area contributed by atoms with E-state index in [1.807, 2.05) is 32.0 Å². The summed E-state index contributed by atoms with van der Waals surface area (Å²) in [4.78, 5) is 11.4. The second-order valence-corrected chi connectivity index (χ2v) is 3.51. The first-order valence-corrected chi connectivity index (χ1v) is 4.81. The van der Waals surface area contributed by atoms with Crippen LogP contribution in [-0.2, 0) is 4.79 Å². The Morgan fingerprint density at radius 3 is 2.47 bits per heavy atom. The maximum atomic E-state index is 11.4. The first-order chi connectivity index (χ1) is 7.06. The SMILES string of the molecule is Cc1cccc(C)c1NC(=O)C(O)CN. The summed E-state index contributed by atoms with van der Waals surface area (Å²) in [5.41, 5.74) is 7.87. The molecule has 1 rings (SSSR count). The second kappa shape index (κ2) is 4.91. The molecule has 4 heteroatoms. The largest absolute Gasteiger partial charge is 0.382 e. The van der Waals surface area contributed by atoms with Gasteiger partial charge in [0.05, 0.1) is 0 Å². The topological polar surface area (TPSA) is 75.3 Å². The highest BCUT2D eigenvalue weighted by molar-refractivity contribution is 5.95. The molecule has 1 unspecified atom stereocenters. The zero-order valence-electron chi connectivity index (χ0n) is 8.95. The third-order valence-electron chi connectivity index (χ3n) is 2.26. The Morgan fingerprint density at radius 1 is 1.47 bits per heavy atom. The molecule has 82 valence electrons. The Hall–Kier alpha value is -1.39. The summed E-state index contributed by atoms with van der Waals surface area (Å²) >= 11 is 0. The summed E-state index contributed by atoms with van der Waals surface area (Å²) in [6.07, 6.45) is -1.15. The zero-order chi connectivity index (χ0) is 11.4. The predicted octanol–water partition coefficient (Wildman–Crippen LogP) is 0.562. The van der Waals surface area contributed by atoms with Crippen LogP contribution in [0.4, 0.5) is 5.69 Å². The second-order valence-electron chi connectivity index (χ2n) is 3.51. The number of anilines is 1. The number of aryl methyl sites for hydroxylation is 2. The van der Waals surface area contributed by atoms with Crippen molar-refractivity contribution in [2.45, 2.75) is 20.0 Å². The molecule has 0 fully saturated rings. The molecule has 1 aromatic carbocycles. The van der Waals surface area contributed by atoms with E-state index in [1.54, 1.807) is 0 Å². The van der Waals surface area contributed by atoms with Crippen LogP contribution in [0.2, 0.25) is 0 Å². The van der Waals surface area contributed by atoms with Crippen molar-refractivity contribution < 1.29 is 9.90 Å². The van der Waals surface area contributed by atoms with Crippen LogP contribution in [0.5, 0.6) is 0 Å². The van der Waals surface area contributed by atoms with Crippen molar-refractivity contribution in [3.63, 3.8) is 0 Å². The Morgan fingerprint density at radius 2 is 2.00 bits per heavy atom. The van der Waals surface area contributed by atoms with Gasteiger partial charge >= 0.3 is 0 Å². The Bertz CT molecular complexity index is 343. The number of amides is 1. The highest BCUT2D eigenvalue weighted by Gasteiger charge is 2.14. The molecule has 0 saturated carbocycles. The van der Waals surface area contributed by atoms with Crippen LogP contribution in [0.25, 0.3) is 0 Å². The van der Waals surface area contributed by atoms with Crippen molar-refractivity contribution in [2.24, 2.45) is 5.73 Å². The fraction of sp³-hybridized carbons (Fsp3) is 0.364. The summed E-state index contributed by atoms with van der Waals surface area (Å²) in [5, 5.41) is 11.9. The number of para-hydroxylation sites is 1. The van der Waals surface area contributed by atoms with E-state index in [4.69, 9.17) is 5.73 Å². The minimum Gasteiger partial charge on any atom is -0.382 e. The molecule has 0 spiro atoms. The van der Waals surface area contributed by atoms with Crippen molar-refractivity contribution in [1.82, 2.24) is 0 Å². The summed E-state index contributed by atoms with van der Waals surface area (Å²) in [6.45, 7) is 3.73. The molecule has 1 aromatic rings. The van der Waals surface area contributed by atoms with Gasteiger partial charge in [0.25, 0.3) is 5.91 Å². The molecule has 0 saturated heterocycles. The zero-order valence-corrected chi connectivity index (χ0v) is 8.95. The fourth-order valence-electron chi connectivity index (χ4n) is 1.33.